The van der Waals surface area contributed by atoms with E-state index in [1.807, 2.05) is 37.1 Å². The summed E-state index contributed by atoms with van der Waals surface area (Å²) in [4.78, 5) is 50.4. The minimum absolute atomic E-state index is 0.0248. The van der Waals surface area contributed by atoms with Gasteiger partial charge in [-0.25, -0.2) is 23.9 Å². The Labute approximate surface area is 277 Å². The van der Waals surface area contributed by atoms with Crippen LogP contribution in [0.4, 0.5) is 34.7 Å². The van der Waals surface area contributed by atoms with Gasteiger partial charge < -0.3 is 30.2 Å². The molecule has 15 heteroatoms. The molecule has 0 radical (unpaired) electrons. The van der Waals surface area contributed by atoms with Crippen LogP contribution in [0.15, 0.2) is 35.8 Å². The molecule has 1 aliphatic heterocycles. The van der Waals surface area contributed by atoms with Crippen molar-refractivity contribution in [2.24, 2.45) is 0 Å². The number of fused-ring (bicyclic) bond motifs is 1. The topological polar surface area (TPSA) is 149 Å². The first-order valence-corrected chi connectivity index (χ1v) is 17.1. The van der Waals surface area contributed by atoms with Gasteiger partial charge in [0.25, 0.3) is 15.9 Å². The minimum atomic E-state index is -1.37. The van der Waals surface area contributed by atoms with Gasteiger partial charge in [0, 0.05) is 35.0 Å². The summed E-state index contributed by atoms with van der Waals surface area (Å²) < 4.78 is 35.2. The number of thiophene rings is 1. The molecule has 0 bridgehead atoms. The fraction of sp³-hybridized carbons (Fsp3) is 0.406. The number of thiazole rings is 1. The number of ether oxygens (including phenoxy) is 1. The molecule has 4 aromatic rings. The number of nitrogens with zero attached hydrogens (tertiary/aromatic N) is 3. The Kier molecular flexibility index (Phi) is 9.42. The third-order valence-electron chi connectivity index (χ3n) is 7.22. The summed E-state index contributed by atoms with van der Waals surface area (Å²) in [5.74, 6) is -2.46. The van der Waals surface area contributed by atoms with Crippen LogP contribution in [-0.2, 0) is 9.48 Å². The number of aromatic nitrogens is 2. The first-order valence-electron chi connectivity index (χ1n) is 14.9. The fourth-order valence-corrected chi connectivity index (χ4v) is 8.72. The van der Waals surface area contributed by atoms with Crippen LogP contribution in [0.3, 0.4) is 0 Å². The number of rotatable bonds is 6. The lowest BCUT2D eigenvalue weighted by molar-refractivity contribution is -0.251. The van der Waals surface area contributed by atoms with Gasteiger partial charge >= 0.3 is 6.09 Å². The normalized spacial score (nSPS) is 15.8. The molecule has 1 unspecified atom stereocenters. The Morgan fingerprint density at radius 2 is 1.79 bits per heavy atom. The first kappa shape index (κ1) is 34.0. The van der Waals surface area contributed by atoms with Crippen molar-refractivity contribution in [2.75, 3.05) is 28.6 Å². The summed E-state index contributed by atoms with van der Waals surface area (Å²) >= 11 is 1.41. The summed E-state index contributed by atoms with van der Waals surface area (Å²) in [7, 11) is -1.30. The maximum Gasteiger partial charge on any atom is 0.415 e. The average Bonchev–Trinajstić information content (AvgIpc) is 3.56. The third kappa shape index (κ3) is 7.46. The second-order valence-electron chi connectivity index (χ2n) is 13.1. The number of hydrogen-bond donors (Lipinski definition) is 3. The number of hydrogen-bond acceptors (Lipinski definition) is 9. The van der Waals surface area contributed by atoms with E-state index in [2.05, 4.69) is 25.9 Å². The lowest BCUT2D eigenvalue weighted by Gasteiger charge is -2.36. The van der Waals surface area contributed by atoms with E-state index in [0.29, 0.717) is 42.1 Å². The number of anilines is 3. The second kappa shape index (κ2) is 13.0. The average molecular weight is 687 g/mol. The van der Waals surface area contributed by atoms with Gasteiger partial charge in [-0.3, -0.25) is 4.79 Å². The van der Waals surface area contributed by atoms with E-state index in [-0.39, 0.29) is 21.3 Å². The molecule has 4 heterocycles. The van der Waals surface area contributed by atoms with E-state index in [4.69, 9.17) is 4.74 Å². The number of benzene rings is 1. The number of carboxylic acid groups (broad SMARTS) is 1. The zero-order valence-corrected chi connectivity index (χ0v) is 28.5. The molecule has 0 spiro atoms. The van der Waals surface area contributed by atoms with E-state index in [9.17, 15) is 19.5 Å². The van der Waals surface area contributed by atoms with Crippen LogP contribution >= 0.6 is 21.8 Å². The molecule has 1 fully saturated rings. The molecule has 3 N–H and O–H groups in total. The largest absolute Gasteiger partial charge is 0.530 e. The summed E-state index contributed by atoms with van der Waals surface area (Å²) in [6.07, 6.45) is 0.580. The molecular formula is C32H36F2N6O5S2. The summed E-state index contributed by atoms with van der Waals surface area (Å²) in [5, 5.41) is 22.0. The molecule has 1 aromatic carbocycles. The smallest absolute Gasteiger partial charge is 0.415 e. The Balaban J connectivity index is 1.64. The van der Waals surface area contributed by atoms with Crippen LogP contribution in [0.1, 0.15) is 64.9 Å². The van der Waals surface area contributed by atoms with E-state index >= 15 is 8.78 Å². The molecule has 47 heavy (non-hydrogen) atoms. The zero-order chi connectivity index (χ0) is 34.3. The Bertz CT molecular complexity index is 1830. The highest BCUT2D eigenvalue weighted by atomic mass is 32.2. The van der Waals surface area contributed by atoms with Crippen LogP contribution in [0.25, 0.3) is 20.8 Å². The van der Waals surface area contributed by atoms with Crippen molar-refractivity contribution >= 4 is 66.5 Å². The van der Waals surface area contributed by atoms with Crippen molar-refractivity contribution < 1.29 is 33.0 Å². The zero-order valence-electron chi connectivity index (χ0n) is 26.8. The maximum atomic E-state index is 15.2. The molecule has 0 aliphatic carbocycles. The maximum absolute atomic E-state index is 15.2. The standard InChI is InChI=1S/C32H36F2N6O5S2/c1-31(2,3)45-30(44)39-28-23(38-27(47(28)32(4,5)6)22-19(33)10-7-11-20(22)34)25(41)37-21-15-35-26-18(12-14-46-26)24(21)40-13-8-9-17(16-40)36-29(42)43/h7,10-12,14-15,17,36H,8-9,13,16H2,1-6H3,(H2-,37,39,41,42,43,44)/t17-,47?/m0/s1. The molecule has 11 nitrogen and oxygen atoms in total. The number of carbonyl (C=O) groups excluding carboxylic acids is 3. The Hall–Kier alpha value is -4.37. The molecule has 3 amide bonds. The SMILES string of the molecule is CC(C)(C)OC(=O)Nc1c(C(=O)Nc2cnc3sccc3c2N2CCC[C@H](NC(=O)[O-])C2)nc(-c2c(F)cccc2F)[s+]1C(C)(C)C. The molecule has 5 rings (SSSR count). The van der Waals surface area contributed by atoms with Crippen LogP contribution in [0, 0.1) is 11.6 Å². The Morgan fingerprint density at radius 1 is 1.09 bits per heavy atom. The molecule has 1 saturated heterocycles. The van der Waals surface area contributed by atoms with Crippen LogP contribution in [0.5, 0.6) is 0 Å². The van der Waals surface area contributed by atoms with Crippen LogP contribution in [0.2, 0.25) is 0 Å². The lowest BCUT2D eigenvalue weighted by atomic mass is 10.0. The van der Waals surface area contributed by atoms with Gasteiger partial charge in [-0.15, -0.1) is 11.3 Å². The van der Waals surface area contributed by atoms with Gasteiger partial charge in [-0.05, 0) is 78.0 Å². The molecule has 2 atom stereocenters. The van der Waals surface area contributed by atoms with E-state index in [1.54, 1.807) is 20.8 Å². The van der Waals surface area contributed by atoms with Crippen molar-refractivity contribution in [1.29, 1.82) is 0 Å². The molecule has 3 aromatic heterocycles. The second-order valence-corrected chi connectivity index (χ2v) is 16.6. The van der Waals surface area contributed by atoms with Crippen molar-refractivity contribution in [1.82, 2.24) is 15.3 Å². The number of pyridine rings is 1. The van der Waals surface area contributed by atoms with Gasteiger partial charge in [0.15, 0.2) is 0 Å². The quantitative estimate of drug-likeness (QED) is 0.191. The summed E-state index contributed by atoms with van der Waals surface area (Å²) in [6.45, 7) is 11.4. The Morgan fingerprint density at radius 3 is 2.43 bits per heavy atom. The monoisotopic (exact) mass is 686 g/mol. The lowest BCUT2D eigenvalue weighted by Crippen LogP contribution is -2.51. The highest BCUT2D eigenvalue weighted by molar-refractivity contribution is 7.39. The van der Waals surface area contributed by atoms with Gasteiger partial charge in [0.1, 0.15) is 38.5 Å². The van der Waals surface area contributed by atoms with Crippen molar-refractivity contribution in [3.63, 3.8) is 0 Å². The van der Waals surface area contributed by atoms with E-state index in [0.717, 1.165) is 17.5 Å². The van der Waals surface area contributed by atoms with Gasteiger partial charge in [0.2, 0.25) is 5.69 Å². The van der Waals surface area contributed by atoms with E-state index in [1.165, 1.54) is 23.6 Å². The van der Waals surface area contributed by atoms with Crippen LogP contribution < -0.4 is 26.0 Å². The van der Waals surface area contributed by atoms with Crippen molar-refractivity contribution in [2.45, 2.75) is 70.8 Å². The van der Waals surface area contributed by atoms with Gasteiger partial charge in [0.05, 0.1) is 17.6 Å². The van der Waals surface area contributed by atoms with Crippen LogP contribution in [-0.4, -0.2) is 52.8 Å². The molecule has 1 aliphatic rings. The summed E-state index contributed by atoms with van der Waals surface area (Å²) in [6, 6.07) is 4.94. The number of amides is 3. The third-order valence-corrected chi connectivity index (χ3v) is 10.6. The van der Waals surface area contributed by atoms with Crippen molar-refractivity contribution in [3.8, 4) is 10.6 Å². The number of carbonyl (C=O) groups is 3. The molecule has 0 saturated carbocycles. The van der Waals surface area contributed by atoms with Gasteiger partial charge in [-0.2, -0.15) is 4.98 Å². The number of piperidine rings is 1. The number of nitrogens with one attached hydrogen (secondary N) is 3. The first-order chi connectivity index (χ1) is 22.0. The predicted molar refractivity (Wildman–Crippen MR) is 178 cm³/mol. The molecule has 250 valence electrons. The highest BCUT2D eigenvalue weighted by Crippen LogP contribution is 2.53. The van der Waals surface area contributed by atoms with Crippen molar-refractivity contribution in [3.05, 3.63) is 53.2 Å². The molecular weight excluding hydrogens is 651 g/mol. The fourth-order valence-electron chi connectivity index (χ4n) is 5.50. The minimum Gasteiger partial charge on any atom is -0.530 e. The van der Waals surface area contributed by atoms with E-state index < -0.39 is 56.6 Å². The highest BCUT2D eigenvalue weighted by Gasteiger charge is 2.44. The summed E-state index contributed by atoms with van der Waals surface area (Å²) in [5.41, 5.74) is -0.552. The van der Waals surface area contributed by atoms with Gasteiger partial charge in [-0.1, -0.05) is 6.07 Å². The number of halogens is 2. The predicted octanol–water partition coefficient (Wildman–Crippen LogP) is 6.64.